The summed E-state index contributed by atoms with van der Waals surface area (Å²) in [6, 6.07) is 0.751. The maximum atomic E-state index is 6.05. The van der Waals surface area contributed by atoms with Gasteiger partial charge in [0.2, 0.25) is 0 Å². The second kappa shape index (κ2) is 5.70. The number of nitrogens with two attached hydrogens (primary N) is 1. The van der Waals surface area contributed by atoms with Crippen molar-refractivity contribution in [3.05, 3.63) is 0 Å². The van der Waals surface area contributed by atoms with Crippen LogP contribution in [0.4, 0.5) is 0 Å². The van der Waals surface area contributed by atoms with E-state index >= 15 is 0 Å². The Kier molecular flexibility index (Phi) is 5.78. The van der Waals surface area contributed by atoms with Crippen LogP contribution in [0.15, 0.2) is 0 Å². The lowest BCUT2D eigenvalue weighted by Crippen LogP contribution is -2.48. The minimum absolute atomic E-state index is 0. The lowest BCUT2D eigenvalue weighted by atomic mass is 9.75. The topological polar surface area (TPSA) is 29.3 Å². The summed E-state index contributed by atoms with van der Waals surface area (Å²) in [5, 5.41) is 0. The molecular formula is C13H29ClN2. The quantitative estimate of drug-likeness (QED) is 0.832. The van der Waals surface area contributed by atoms with E-state index in [1.165, 1.54) is 25.7 Å². The van der Waals surface area contributed by atoms with E-state index in [9.17, 15) is 0 Å². The molecule has 0 aromatic heterocycles. The Labute approximate surface area is 107 Å². The van der Waals surface area contributed by atoms with Crippen molar-refractivity contribution < 1.29 is 0 Å². The first-order valence-electron chi connectivity index (χ1n) is 6.19. The third kappa shape index (κ3) is 5.51. The molecule has 0 spiro atoms. The van der Waals surface area contributed by atoms with Gasteiger partial charge in [-0.25, -0.2) is 0 Å². The highest BCUT2D eigenvalue weighted by Crippen LogP contribution is 2.36. The van der Waals surface area contributed by atoms with E-state index in [0.717, 1.165) is 12.6 Å². The highest BCUT2D eigenvalue weighted by atomic mass is 35.5. The van der Waals surface area contributed by atoms with Gasteiger partial charge in [-0.2, -0.15) is 0 Å². The Hall–Kier alpha value is 0.210. The van der Waals surface area contributed by atoms with Crippen LogP contribution in [0, 0.1) is 5.41 Å². The summed E-state index contributed by atoms with van der Waals surface area (Å²) in [6.07, 6.45) is 5.37. The monoisotopic (exact) mass is 248 g/mol. The lowest BCUT2D eigenvalue weighted by Gasteiger charge is -2.40. The number of nitrogens with zero attached hydrogens (tertiary/aromatic N) is 1. The fraction of sp³-hybridized carbons (Fsp3) is 1.00. The highest BCUT2D eigenvalue weighted by molar-refractivity contribution is 5.85. The number of hydrogen-bond donors (Lipinski definition) is 1. The zero-order valence-corrected chi connectivity index (χ0v) is 12.4. The van der Waals surface area contributed by atoms with Crippen molar-refractivity contribution in [2.45, 2.75) is 65.0 Å². The van der Waals surface area contributed by atoms with Crippen LogP contribution in [0.25, 0.3) is 0 Å². The minimum Gasteiger partial charge on any atom is -0.324 e. The van der Waals surface area contributed by atoms with Gasteiger partial charge >= 0.3 is 0 Å². The largest absolute Gasteiger partial charge is 0.324 e. The molecule has 98 valence electrons. The van der Waals surface area contributed by atoms with Gasteiger partial charge in [-0.3, -0.25) is 0 Å². The third-order valence-corrected chi connectivity index (χ3v) is 3.59. The Morgan fingerprint density at radius 3 is 2.06 bits per heavy atom. The number of hydrogen-bond acceptors (Lipinski definition) is 2. The number of rotatable bonds is 3. The summed E-state index contributed by atoms with van der Waals surface area (Å²) in [6.45, 7) is 9.98. The van der Waals surface area contributed by atoms with E-state index in [4.69, 9.17) is 5.73 Å². The van der Waals surface area contributed by atoms with Crippen LogP contribution in [-0.4, -0.2) is 30.1 Å². The molecule has 0 aromatic carbocycles. The zero-order chi connectivity index (χ0) is 11.7. The molecule has 0 radical (unpaired) electrons. The molecule has 0 heterocycles. The Morgan fingerprint density at radius 1 is 1.25 bits per heavy atom. The SMILES string of the molecule is CN(CC(C)(C)N)C1CCC(C)(C)CC1.Cl. The molecule has 0 bridgehead atoms. The molecule has 1 aliphatic rings. The van der Waals surface area contributed by atoms with Gasteiger partial charge in [-0.15, -0.1) is 12.4 Å². The second-order valence-corrected chi connectivity index (χ2v) is 6.80. The molecule has 2 N–H and O–H groups in total. The van der Waals surface area contributed by atoms with Crippen molar-refractivity contribution in [2.75, 3.05) is 13.6 Å². The van der Waals surface area contributed by atoms with Crippen molar-refractivity contribution >= 4 is 12.4 Å². The van der Waals surface area contributed by atoms with Crippen LogP contribution in [0.2, 0.25) is 0 Å². The molecule has 0 aromatic rings. The first-order valence-corrected chi connectivity index (χ1v) is 6.19. The smallest absolute Gasteiger partial charge is 0.0226 e. The van der Waals surface area contributed by atoms with Crippen molar-refractivity contribution in [1.29, 1.82) is 0 Å². The van der Waals surface area contributed by atoms with Gasteiger partial charge in [-0.1, -0.05) is 13.8 Å². The van der Waals surface area contributed by atoms with E-state index in [-0.39, 0.29) is 17.9 Å². The Bertz CT molecular complexity index is 198. The maximum absolute atomic E-state index is 6.05. The molecule has 1 aliphatic carbocycles. The van der Waals surface area contributed by atoms with Crippen LogP contribution < -0.4 is 5.73 Å². The highest BCUT2D eigenvalue weighted by Gasteiger charge is 2.29. The standard InChI is InChI=1S/C13H28N2.ClH/c1-12(2)8-6-11(7-9-12)15(5)10-13(3,4)14;/h11H,6-10,14H2,1-5H3;1H. The van der Waals surface area contributed by atoms with Gasteiger partial charge < -0.3 is 10.6 Å². The summed E-state index contributed by atoms with van der Waals surface area (Å²) in [5.74, 6) is 0. The molecule has 3 heteroatoms. The van der Waals surface area contributed by atoms with Crippen LogP contribution in [0.1, 0.15) is 53.4 Å². The first-order chi connectivity index (χ1) is 6.70. The predicted octanol–water partition coefficient (Wildman–Crippen LogP) is 3.05. The fourth-order valence-corrected chi connectivity index (χ4v) is 2.60. The van der Waals surface area contributed by atoms with Gasteiger partial charge in [0.05, 0.1) is 0 Å². The summed E-state index contributed by atoms with van der Waals surface area (Å²) in [5.41, 5.74) is 6.55. The minimum atomic E-state index is -0.0677. The number of halogens is 1. The van der Waals surface area contributed by atoms with Crippen molar-refractivity contribution in [1.82, 2.24) is 4.90 Å². The molecule has 1 fully saturated rings. The van der Waals surface area contributed by atoms with Crippen LogP contribution >= 0.6 is 12.4 Å². The fourth-order valence-electron chi connectivity index (χ4n) is 2.60. The first kappa shape index (κ1) is 16.2. The van der Waals surface area contributed by atoms with Crippen LogP contribution in [0.5, 0.6) is 0 Å². The van der Waals surface area contributed by atoms with E-state index in [1.807, 2.05) is 0 Å². The molecule has 16 heavy (non-hydrogen) atoms. The molecule has 2 nitrogen and oxygen atoms in total. The van der Waals surface area contributed by atoms with Crippen molar-refractivity contribution in [3.63, 3.8) is 0 Å². The molecule has 0 atom stereocenters. The molecule has 0 aliphatic heterocycles. The molecule has 0 saturated heterocycles. The van der Waals surface area contributed by atoms with Gasteiger partial charge in [0, 0.05) is 18.1 Å². The van der Waals surface area contributed by atoms with Crippen LogP contribution in [0.3, 0.4) is 0 Å². The van der Waals surface area contributed by atoms with Gasteiger partial charge in [0.25, 0.3) is 0 Å². The van der Waals surface area contributed by atoms with Gasteiger partial charge in [-0.05, 0) is 52.0 Å². The summed E-state index contributed by atoms with van der Waals surface area (Å²) >= 11 is 0. The third-order valence-electron chi connectivity index (χ3n) is 3.59. The van der Waals surface area contributed by atoms with E-state index in [2.05, 4.69) is 39.6 Å². The normalized spacial score (nSPS) is 21.9. The van der Waals surface area contributed by atoms with Crippen molar-refractivity contribution in [2.24, 2.45) is 11.1 Å². The average molecular weight is 249 g/mol. The summed E-state index contributed by atoms with van der Waals surface area (Å²) < 4.78 is 0. The molecular weight excluding hydrogens is 220 g/mol. The van der Waals surface area contributed by atoms with Crippen molar-refractivity contribution in [3.8, 4) is 0 Å². The van der Waals surface area contributed by atoms with E-state index in [0.29, 0.717) is 5.41 Å². The Morgan fingerprint density at radius 2 is 1.69 bits per heavy atom. The molecule has 1 rings (SSSR count). The van der Waals surface area contributed by atoms with Gasteiger partial charge in [0.15, 0.2) is 0 Å². The predicted molar refractivity (Wildman–Crippen MR) is 74.2 cm³/mol. The van der Waals surface area contributed by atoms with Crippen LogP contribution in [-0.2, 0) is 0 Å². The summed E-state index contributed by atoms with van der Waals surface area (Å²) in [7, 11) is 2.22. The second-order valence-electron chi connectivity index (χ2n) is 6.80. The maximum Gasteiger partial charge on any atom is 0.0226 e. The summed E-state index contributed by atoms with van der Waals surface area (Å²) in [4.78, 5) is 2.45. The Balaban J connectivity index is 0.00000225. The molecule has 0 unspecified atom stereocenters. The van der Waals surface area contributed by atoms with E-state index in [1.54, 1.807) is 0 Å². The average Bonchev–Trinajstić information content (AvgIpc) is 2.00. The number of likely N-dealkylation sites (N-methyl/N-ethyl adjacent to an activating group) is 1. The molecule has 1 saturated carbocycles. The molecule has 0 amide bonds. The van der Waals surface area contributed by atoms with E-state index < -0.39 is 0 Å². The lowest BCUT2D eigenvalue weighted by molar-refractivity contribution is 0.113. The zero-order valence-electron chi connectivity index (χ0n) is 11.5. The van der Waals surface area contributed by atoms with Gasteiger partial charge in [0.1, 0.15) is 0 Å².